The van der Waals surface area contributed by atoms with E-state index in [-0.39, 0.29) is 28.5 Å². The van der Waals surface area contributed by atoms with Crippen LogP contribution in [-0.2, 0) is 0 Å². The molecule has 0 radical (unpaired) electrons. The van der Waals surface area contributed by atoms with E-state index >= 15 is 0 Å². The number of rotatable bonds is 3. The Morgan fingerprint density at radius 1 is 1.33 bits per heavy atom. The smallest absolute Gasteiger partial charge is 0.255 e. The van der Waals surface area contributed by atoms with Gasteiger partial charge in [0.05, 0.1) is 11.1 Å². The summed E-state index contributed by atoms with van der Waals surface area (Å²) in [6.07, 6.45) is 4.10. The van der Waals surface area contributed by atoms with Gasteiger partial charge in [0.2, 0.25) is 0 Å². The molecular weight excluding hydrogens is 298 g/mol. The number of phenolic OH excluding ortho intramolecular Hbond substituents is 2. The van der Waals surface area contributed by atoms with E-state index in [1.807, 2.05) is 0 Å². The molecule has 0 aliphatic heterocycles. The van der Waals surface area contributed by atoms with Crippen LogP contribution in [0.15, 0.2) is 18.2 Å². The van der Waals surface area contributed by atoms with Crippen LogP contribution in [0.1, 0.15) is 36.0 Å². The monoisotopic (exact) mass is 313 g/mol. The molecule has 1 saturated carbocycles. The number of hydrogen-bond acceptors (Lipinski definition) is 3. The molecule has 2 rings (SSSR count). The highest BCUT2D eigenvalue weighted by atomic mass is 79.9. The molecule has 4 nitrogen and oxygen atoms in total. The van der Waals surface area contributed by atoms with Crippen LogP contribution >= 0.6 is 15.9 Å². The molecule has 1 aliphatic rings. The summed E-state index contributed by atoms with van der Waals surface area (Å²) in [5, 5.41) is 22.6. The van der Waals surface area contributed by atoms with Crippen molar-refractivity contribution in [3.63, 3.8) is 0 Å². The van der Waals surface area contributed by atoms with Crippen molar-refractivity contribution >= 4 is 21.8 Å². The van der Waals surface area contributed by atoms with Crippen molar-refractivity contribution in [2.45, 2.75) is 31.2 Å². The first-order chi connectivity index (χ1) is 8.56. The van der Waals surface area contributed by atoms with E-state index in [0.29, 0.717) is 5.33 Å². The molecule has 3 N–H and O–H groups in total. The number of carbonyl (C=O) groups is 1. The molecule has 1 fully saturated rings. The number of alkyl halides is 1. The van der Waals surface area contributed by atoms with Crippen LogP contribution in [-0.4, -0.2) is 27.0 Å². The van der Waals surface area contributed by atoms with E-state index in [0.717, 1.165) is 25.7 Å². The number of halogens is 1. The van der Waals surface area contributed by atoms with Gasteiger partial charge in [-0.05, 0) is 25.0 Å². The lowest BCUT2D eigenvalue weighted by Crippen LogP contribution is -2.47. The summed E-state index contributed by atoms with van der Waals surface area (Å²) in [6, 6.07) is 3.99. The van der Waals surface area contributed by atoms with Crippen LogP contribution in [0.4, 0.5) is 0 Å². The molecule has 98 valence electrons. The van der Waals surface area contributed by atoms with Gasteiger partial charge in [-0.3, -0.25) is 4.79 Å². The molecule has 0 unspecified atom stereocenters. The van der Waals surface area contributed by atoms with Crippen molar-refractivity contribution < 1.29 is 15.0 Å². The van der Waals surface area contributed by atoms with E-state index in [2.05, 4.69) is 21.2 Å². The Labute approximate surface area is 114 Å². The summed E-state index contributed by atoms with van der Waals surface area (Å²) in [4.78, 5) is 12.1. The van der Waals surface area contributed by atoms with Gasteiger partial charge >= 0.3 is 0 Å². The fraction of sp³-hybridized carbons (Fsp3) is 0.462. The maximum atomic E-state index is 12.1. The van der Waals surface area contributed by atoms with Gasteiger partial charge in [0, 0.05) is 11.4 Å². The summed E-state index contributed by atoms with van der Waals surface area (Å²) in [5.74, 6) is -0.552. The fourth-order valence-corrected chi connectivity index (χ4v) is 3.06. The van der Waals surface area contributed by atoms with Crippen LogP contribution in [0.5, 0.6) is 11.5 Å². The van der Waals surface area contributed by atoms with Gasteiger partial charge in [0.1, 0.15) is 11.5 Å². The van der Waals surface area contributed by atoms with Crippen molar-refractivity contribution in [2.24, 2.45) is 0 Å². The largest absolute Gasteiger partial charge is 0.508 e. The Balaban J connectivity index is 2.16. The highest BCUT2D eigenvalue weighted by molar-refractivity contribution is 9.09. The summed E-state index contributed by atoms with van der Waals surface area (Å²) < 4.78 is 0. The molecule has 0 saturated heterocycles. The predicted molar refractivity (Wildman–Crippen MR) is 72.2 cm³/mol. The lowest BCUT2D eigenvalue weighted by atomic mass is 10.00. The summed E-state index contributed by atoms with van der Waals surface area (Å²) in [6.45, 7) is 0. The third-order valence-electron chi connectivity index (χ3n) is 3.42. The van der Waals surface area contributed by atoms with Crippen LogP contribution in [0.2, 0.25) is 0 Å². The van der Waals surface area contributed by atoms with Gasteiger partial charge in [0.15, 0.2) is 0 Å². The van der Waals surface area contributed by atoms with E-state index in [4.69, 9.17) is 0 Å². The van der Waals surface area contributed by atoms with Gasteiger partial charge in [0.25, 0.3) is 5.91 Å². The first-order valence-electron chi connectivity index (χ1n) is 5.97. The number of carbonyl (C=O) groups excluding carboxylic acids is 1. The third-order valence-corrected chi connectivity index (χ3v) is 4.49. The molecule has 0 aromatic heterocycles. The molecule has 18 heavy (non-hydrogen) atoms. The second-order valence-electron chi connectivity index (χ2n) is 4.78. The van der Waals surface area contributed by atoms with Crippen molar-refractivity contribution in [2.75, 3.05) is 5.33 Å². The first-order valence-corrected chi connectivity index (χ1v) is 7.09. The molecule has 1 amide bonds. The van der Waals surface area contributed by atoms with Gasteiger partial charge in [-0.15, -0.1) is 0 Å². The van der Waals surface area contributed by atoms with Crippen molar-refractivity contribution in [3.8, 4) is 11.5 Å². The number of benzene rings is 1. The molecule has 1 aliphatic carbocycles. The standard InChI is InChI=1S/C13H16BrNO3/c14-8-13(5-1-2-6-13)15-12(18)10-4-3-9(16)7-11(10)17/h3-4,7,16-17H,1-2,5-6,8H2,(H,15,18). The van der Waals surface area contributed by atoms with Gasteiger partial charge in [-0.25, -0.2) is 0 Å². The van der Waals surface area contributed by atoms with E-state index in [9.17, 15) is 15.0 Å². The van der Waals surface area contributed by atoms with Crippen LogP contribution in [0.25, 0.3) is 0 Å². The Hall–Kier alpha value is -1.23. The van der Waals surface area contributed by atoms with Crippen molar-refractivity contribution in [3.05, 3.63) is 23.8 Å². The topological polar surface area (TPSA) is 69.6 Å². The molecule has 5 heteroatoms. The highest BCUT2D eigenvalue weighted by Crippen LogP contribution is 2.32. The molecule has 0 heterocycles. The lowest BCUT2D eigenvalue weighted by Gasteiger charge is -2.28. The van der Waals surface area contributed by atoms with E-state index in [1.165, 1.54) is 18.2 Å². The maximum Gasteiger partial charge on any atom is 0.255 e. The predicted octanol–water partition coefficient (Wildman–Crippen LogP) is 2.54. The minimum absolute atomic E-state index is 0.0554. The highest BCUT2D eigenvalue weighted by Gasteiger charge is 2.34. The molecule has 1 aromatic carbocycles. The second-order valence-corrected chi connectivity index (χ2v) is 5.34. The molecular formula is C13H16BrNO3. The van der Waals surface area contributed by atoms with Gasteiger partial charge < -0.3 is 15.5 Å². The van der Waals surface area contributed by atoms with Crippen LogP contribution in [0, 0.1) is 0 Å². The average Bonchev–Trinajstić information content (AvgIpc) is 2.78. The normalized spacial score (nSPS) is 17.6. The van der Waals surface area contributed by atoms with E-state index < -0.39 is 0 Å². The Kier molecular flexibility index (Phi) is 3.80. The van der Waals surface area contributed by atoms with Crippen LogP contribution < -0.4 is 5.32 Å². The Morgan fingerprint density at radius 3 is 2.56 bits per heavy atom. The molecule has 0 atom stereocenters. The average molecular weight is 314 g/mol. The molecule has 0 bridgehead atoms. The summed E-state index contributed by atoms with van der Waals surface area (Å²) in [7, 11) is 0. The quantitative estimate of drug-likeness (QED) is 0.751. The number of amides is 1. The van der Waals surface area contributed by atoms with Gasteiger partial charge in [-0.2, -0.15) is 0 Å². The number of hydrogen-bond donors (Lipinski definition) is 3. The van der Waals surface area contributed by atoms with E-state index in [1.54, 1.807) is 0 Å². The van der Waals surface area contributed by atoms with Gasteiger partial charge in [-0.1, -0.05) is 28.8 Å². The zero-order valence-electron chi connectivity index (χ0n) is 9.95. The zero-order chi connectivity index (χ0) is 13.2. The molecule has 0 spiro atoms. The van der Waals surface area contributed by atoms with Crippen molar-refractivity contribution in [1.29, 1.82) is 0 Å². The zero-order valence-corrected chi connectivity index (χ0v) is 11.5. The lowest BCUT2D eigenvalue weighted by molar-refractivity contribution is 0.0907. The number of aromatic hydroxyl groups is 2. The number of nitrogens with one attached hydrogen (secondary N) is 1. The Bertz CT molecular complexity index is 456. The summed E-state index contributed by atoms with van der Waals surface area (Å²) >= 11 is 3.45. The minimum Gasteiger partial charge on any atom is -0.508 e. The SMILES string of the molecule is O=C(NC1(CBr)CCCC1)c1ccc(O)cc1O. The summed E-state index contributed by atoms with van der Waals surface area (Å²) in [5.41, 5.74) is -0.0125. The maximum absolute atomic E-state index is 12.1. The first kappa shape index (κ1) is 13.2. The van der Waals surface area contributed by atoms with Crippen LogP contribution in [0.3, 0.4) is 0 Å². The number of phenols is 2. The third kappa shape index (κ3) is 2.61. The molecule has 1 aromatic rings. The van der Waals surface area contributed by atoms with Crippen molar-refractivity contribution in [1.82, 2.24) is 5.32 Å². The fourth-order valence-electron chi connectivity index (χ4n) is 2.36. The Morgan fingerprint density at radius 2 is 2.00 bits per heavy atom. The second kappa shape index (κ2) is 5.18. The minimum atomic E-state index is -0.297.